The second kappa shape index (κ2) is 7.63. The number of pyridine rings is 1. The number of carbonyl (C=O) groups is 1. The van der Waals surface area contributed by atoms with Gasteiger partial charge in [-0.15, -0.1) is 6.58 Å². The molecule has 0 bridgehead atoms. The van der Waals surface area contributed by atoms with Crippen molar-refractivity contribution >= 4 is 5.78 Å². The van der Waals surface area contributed by atoms with Gasteiger partial charge in [0.05, 0.1) is 5.69 Å². The summed E-state index contributed by atoms with van der Waals surface area (Å²) < 4.78 is 0. The Kier molecular flexibility index (Phi) is 5.53. The Morgan fingerprint density at radius 2 is 2.04 bits per heavy atom. The quantitative estimate of drug-likeness (QED) is 0.626. The van der Waals surface area contributed by atoms with Crippen LogP contribution in [0.1, 0.15) is 86.5 Å². The van der Waals surface area contributed by atoms with Gasteiger partial charge < -0.3 is 0 Å². The summed E-state index contributed by atoms with van der Waals surface area (Å²) in [7, 11) is 0. The molecule has 0 spiro atoms. The third-order valence-electron chi connectivity index (χ3n) is 6.17. The summed E-state index contributed by atoms with van der Waals surface area (Å²) in [6.45, 7) is 8.14. The van der Waals surface area contributed by atoms with Crippen molar-refractivity contribution in [1.29, 1.82) is 0 Å². The van der Waals surface area contributed by atoms with E-state index in [1.54, 1.807) is 0 Å². The highest BCUT2D eigenvalue weighted by Crippen LogP contribution is 2.37. The molecule has 130 valence electrons. The van der Waals surface area contributed by atoms with Crippen molar-refractivity contribution in [2.45, 2.75) is 71.1 Å². The van der Waals surface area contributed by atoms with E-state index in [2.05, 4.69) is 32.6 Å². The normalized spacial score (nSPS) is 29.5. The van der Waals surface area contributed by atoms with Gasteiger partial charge in [0.2, 0.25) is 0 Å². The zero-order valence-electron chi connectivity index (χ0n) is 15.3. The maximum Gasteiger partial charge on any atom is 0.167 e. The van der Waals surface area contributed by atoms with Crippen LogP contribution in [0.15, 0.2) is 24.8 Å². The van der Waals surface area contributed by atoms with Gasteiger partial charge in [-0.05, 0) is 68.9 Å². The number of fused-ring (bicyclic) bond motifs is 1. The topological polar surface area (TPSA) is 30.0 Å². The lowest BCUT2D eigenvalue weighted by molar-refractivity contribution is 0.0902. The van der Waals surface area contributed by atoms with Crippen molar-refractivity contribution in [2.24, 2.45) is 17.8 Å². The summed E-state index contributed by atoms with van der Waals surface area (Å²) in [6.07, 6.45) is 11.6. The van der Waals surface area contributed by atoms with Gasteiger partial charge in [0.15, 0.2) is 5.78 Å². The van der Waals surface area contributed by atoms with Crippen molar-refractivity contribution < 1.29 is 4.79 Å². The number of aryl methyl sites for hydroxylation is 1. The summed E-state index contributed by atoms with van der Waals surface area (Å²) in [5.74, 6) is 2.59. The van der Waals surface area contributed by atoms with Crippen molar-refractivity contribution in [3.05, 3.63) is 41.7 Å². The number of hydrogen-bond donors (Lipinski definition) is 0. The van der Waals surface area contributed by atoms with Crippen molar-refractivity contribution in [1.82, 2.24) is 4.98 Å². The van der Waals surface area contributed by atoms with Crippen molar-refractivity contribution in [3.63, 3.8) is 0 Å². The van der Waals surface area contributed by atoms with Crippen LogP contribution in [0, 0.1) is 17.8 Å². The van der Waals surface area contributed by atoms with Gasteiger partial charge in [0.1, 0.15) is 0 Å². The molecular weight excluding hydrogens is 294 g/mol. The van der Waals surface area contributed by atoms with Crippen LogP contribution in [0.25, 0.3) is 0 Å². The number of hydrogen-bond acceptors (Lipinski definition) is 2. The highest BCUT2D eigenvalue weighted by Gasteiger charge is 2.31. The van der Waals surface area contributed by atoms with Gasteiger partial charge in [-0.3, -0.25) is 9.78 Å². The monoisotopic (exact) mass is 325 g/mol. The molecule has 0 aliphatic heterocycles. The minimum Gasteiger partial charge on any atom is -0.294 e. The molecule has 2 heteroatoms. The Labute approximate surface area is 146 Å². The number of nitrogens with zero attached hydrogens (tertiary/aromatic N) is 1. The SMILES string of the molecule is C=CCC1CCC(CCc2ccc3c(n2)C(CC)CC(C)C3=O)C1. The van der Waals surface area contributed by atoms with Crippen molar-refractivity contribution in [3.8, 4) is 0 Å². The molecule has 4 unspecified atom stereocenters. The van der Waals surface area contributed by atoms with E-state index in [0.717, 1.165) is 42.4 Å². The standard InChI is InChI=1S/C22H31NO/c1-4-6-16-7-8-17(14-16)9-10-19-11-12-20-21(23-19)18(5-2)13-15(3)22(20)24/h4,11-12,15-18H,1,5-10,13-14H2,2-3H3. The number of carbonyl (C=O) groups excluding carboxylic acids is 1. The maximum absolute atomic E-state index is 12.4. The van der Waals surface area contributed by atoms with E-state index in [1.165, 1.54) is 37.8 Å². The summed E-state index contributed by atoms with van der Waals surface area (Å²) in [4.78, 5) is 17.3. The third kappa shape index (κ3) is 3.63. The fourth-order valence-corrected chi connectivity index (χ4v) is 4.69. The number of Topliss-reactive ketones (excluding diaryl/α,β-unsaturated/α-hetero) is 1. The van der Waals surface area contributed by atoms with Gasteiger partial charge >= 0.3 is 0 Å². The zero-order valence-corrected chi connectivity index (χ0v) is 15.3. The van der Waals surface area contributed by atoms with Gasteiger partial charge in [-0.1, -0.05) is 26.3 Å². The van der Waals surface area contributed by atoms with E-state index in [-0.39, 0.29) is 11.7 Å². The van der Waals surface area contributed by atoms with Crippen LogP contribution >= 0.6 is 0 Å². The highest BCUT2D eigenvalue weighted by atomic mass is 16.1. The second-order valence-electron chi connectivity index (χ2n) is 7.95. The molecule has 1 aromatic rings. The Balaban J connectivity index is 1.66. The molecule has 1 aromatic heterocycles. The number of rotatable bonds is 6. The number of allylic oxidation sites excluding steroid dienone is 1. The summed E-state index contributed by atoms with van der Waals surface area (Å²) in [5.41, 5.74) is 3.15. The van der Waals surface area contributed by atoms with Gasteiger partial charge in [0.25, 0.3) is 0 Å². The molecule has 24 heavy (non-hydrogen) atoms. The van der Waals surface area contributed by atoms with Crippen LogP contribution in [0.5, 0.6) is 0 Å². The molecule has 1 fully saturated rings. The molecule has 4 atom stereocenters. The minimum absolute atomic E-state index is 0.149. The Hall–Kier alpha value is -1.44. The molecule has 0 amide bonds. The van der Waals surface area contributed by atoms with E-state index in [4.69, 9.17) is 4.98 Å². The average Bonchev–Trinajstić information content (AvgIpc) is 3.04. The van der Waals surface area contributed by atoms with Crippen LogP contribution in [0.4, 0.5) is 0 Å². The summed E-state index contributed by atoms with van der Waals surface area (Å²) >= 11 is 0. The van der Waals surface area contributed by atoms with E-state index in [0.29, 0.717) is 5.92 Å². The molecule has 1 saturated carbocycles. The molecule has 2 aliphatic rings. The lowest BCUT2D eigenvalue weighted by Crippen LogP contribution is -2.25. The molecule has 2 nitrogen and oxygen atoms in total. The predicted molar refractivity (Wildman–Crippen MR) is 99.3 cm³/mol. The van der Waals surface area contributed by atoms with E-state index < -0.39 is 0 Å². The van der Waals surface area contributed by atoms with Crippen LogP contribution in [-0.2, 0) is 6.42 Å². The summed E-state index contributed by atoms with van der Waals surface area (Å²) in [6, 6.07) is 4.14. The molecule has 0 N–H and O–H groups in total. The molecular formula is C22H31NO. The third-order valence-corrected chi connectivity index (χ3v) is 6.17. The first-order valence-corrected chi connectivity index (χ1v) is 9.77. The van der Waals surface area contributed by atoms with Crippen LogP contribution in [0.3, 0.4) is 0 Å². The van der Waals surface area contributed by atoms with Gasteiger partial charge in [-0.25, -0.2) is 0 Å². The predicted octanol–water partition coefficient (Wildman–Crippen LogP) is 5.72. The molecule has 1 heterocycles. The molecule has 0 radical (unpaired) electrons. The molecule has 0 aromatic carbocycles. The molecule has 0 saturated heterocycles. The minimum atomic E-state index is 0.149. The van der Waals surface area contributed by atoms with E-state index in [9.17, 15) is 4.79 Å². The van der Waals surface area contributed by atoms with Crippen LogP contribution < -0.4 is 0 Å². The first-order chi connectivity index (χ1) is 11.6. The first kappa shape index (κ1) is 17.4. The Morgan fingerprint density at radius 3 is 2.79 bits per heavy atom. The largest absolute Gasteiger partial charge is 0.294 e. The fraction of sp³-hybridized carbons (Fsp3) is 0.636. The number of ketones is 1. The average molecular weight is 325 g/mol. The lowest BCUT2D eigenvalue weighted by atomic mass is 9.78. The van der Waals surface area contributed by atoms with Gasteiger partial charge in [-0.2, -0.15) is 0 Å². The van der Waals surface area contributed by atoms with Gasteiger partial charge in [0, 0.05) is 23.1 Å². The number of aromatic nitrogens is 1. The first-order valence-electron chi connectivity index (χ1n) is 9.77. The van der Waals surface area contributed by atoms with Crippen molar-refractivity contribution in [2.75, 3.05) is 0 Å². The Bertz CT molecular complexity index is 606. The fourth-order valence-electron chi connectivity index (χ4n) is 4.69. The Morgan fingerprint density at radius 1 is 1.25 bits per heavy atom. The van der Waals surface area contributed by atoms with Crippen LogP contribution in [0.2, 0.25) is 0 Å². The summed E-state index contributed by atoms with van der Waals surface area (Å²) in [5, 5.41) is 0. The zero-order chi connectivity index (χ0) is 17.1. The molecule has 3 rings (SSSR count). The highest BCUT2D eigenvalue weighted by molar-refractivity contribution is 5.99. The van der Waals surface area contributed by atoms with E-state index in [1.807, 2.05) is 6.07 Å². The maximum atomic E-state index is 12.4. The van der Waals surface area contributed by atoms with E-state index >= 15 is 0 Å². The lowest BCUT2D eigenvalue weighted by Gasteiger charge is -2.27. The smallest absolute Gasteiger partial charge is 0.167 e. The molecule has 2 aliphatic carbocycles. The van der Waals surface area contributed by atoms with Crippen LogP contribution in [-0.4, -0.2) is 10.8 Å². The second-order valence-corrected chi connectivity index (χ2v) is 7.95.